The Morgan fingerprint density at radius 3 is 2.71 bits per heavy atom. The molecule has 0 aliphatic rings. The number of furan rings is 1. The molecule has 2 rings (SSSR count). The summed E-state index contributed by atoms with van der Waals surface area (Å²) < 4.78 is 23.6. The molecule has 0 aliphatic carbocycles. The third kappa shape index (κ3) is 4.32. The highest BCUT2D eigenvalue weighted by Crippen LogP contribution is 2.15. The molecule has 1 amide bonds. The average molecular weight is 292 g/mol. The molecule has 0 spiro atoms. The van der Waals surface area contributed by atoms with E-state index in [9.17, 15) is 9.18 Å². The van der Waals surface area contributed by atoms with Crippen molar-refractivity contribution in [1.82, 2.24) is 5.32 Å². The lowest BCUT2D eigenvalue weighted by Gasteiger charge is -2.09. The maximum absolute atomic E-state index is 12.7. The highest BCUT2D eigenvalue weighted by molar-refractivity contribution is 5.91. The van der Waals surface area contributed by atoms with Crippen molar-refractivity contribution in [3.63, 3.8) is 0 Å². The number of carbonyl (C=O) groups excluding carboxylic acids is 1. The van der Waals surface area contributed by atoms with E-state index in [1.54, 1.807) is 19.1 Å². The number of hydrogen-bond acceptors (Lipinski definition) is 4. The van der Waals surface area contributed by atoms with Crippen molar-refractivity contribution in [3.05, 3.63) is 53.7 Å². The molecule has 6 heteroatoms. The molecule has 21 heavy (non-hydrogen) atoms. The minimum atomic E-state index is -0.326. The van der Waals surface area contributed by atoms with Crippen LogP contribution in [-0.2, 0) is 6.61 Å². The zero-order valence-electron chi connectivity index (χ0n) is 11.6. The highest BCUT2D eigenvalue weighted by Gasteiger charge is 2.13. The van der Waals surface area contributed by atoms with Gasteiger partial charge in [-0.15, -0.1) is 0 Å². The van der Waals surface area contributed by atoms with Gasteiger partial charge < -0.3 is 20.2 Å². The second kappa shape index (κ2) is 6.90. The van der Waals surface area contributed by atoms with E-state index >= 15 is 0 Å². The molecule has 3 N–H and O–H groups in total. The van der Waals surface area contributed by atoms with E-state index in [0.29, 0.717) is 18.1 Å². The van der Waals surface area contributed by atoms with Crippen molar-refractivity contribution >= 4 is 5.91 Å². The number of halogens is 1. The number of nitrogens with two attached hydrogens (primary N) is 1. The number of hydrogen-bond donors (Lipinski definition) is 2. The number of ether oxygens (including phenoxy) is 1. The standard InChI is InChI=1S/C15H17FN2O3/c1-10(8-17)18-15(19)14-7-6-13(21-14)9-20-12-4-2-11(16)3-5-12/h2-7,10H,8-9,17H2,1H3,(H,18,19)/t10-/m0/s1. The summed E-state index contributed by atoms with van der Waals surface area (Å²) in [5.41, 5.74) is 5.43. The summed E-state index contributed by atoms with van der Waals surface area (Å²) in [5, 5.41) is 2.70. The Kier molecular flexibility index (Phi) is 4.94. The van der Waals surface area contributed by atoms with Crippen LogP contribution in [0.5, 0.6) is 5.75 Å². The van der Waals surface area contributed by atoms with E-state index in [4.69, 9.17) is 14.9 Å². The Morgan fingerprint density at radius 1 is 1.33 bits per heavy atom. The molecule has 0 radical (unpaired) electrons. The van der Waals surface area contributed by atoms with Gasteiger partial charge in [-0.1, -0.05) is 0 Å². The summed E-state index contributed by atoms with van der Waals surface area (Å²) in [6.07, 6.45) is 0. The predicted octanol–water partition coefficient (Wildman–Crippen LogP) is 2.07. The number of nitrogens with one attached hydrogen (secondary N) is 1. The van der Waals surface area contributed by atoms with Crippen LogP contribution in [0, 0.1) is 5.82 Å². The molecule has 0 saturated carbocycles. The molecule has 2 aromatic rings. The predicted molar refractivity (Wildman–Crippen MR) is 75.4 cm³/mol. The van der Waals surface area contributed by atoms with Crippen LogP contribution in [-0.4, -0.2) is 18.5 Å². The van der Waals surface area contributed by atoms with Crippen LogP contribution in [0.1, 0.15) is 23.2 Å². The van der Waals surface area contributed by atoms with E-state index in [0.717, 1.165) is 0 Å². The maximum atomic E-state index is 12.7. The topological polar surface area (TPSA) is 77.5 Å². The van der Waals surface area contributed by atoms with Crippen molar-refractivity contribution in [1.29, 1.82) is 0 Å². The fourth-order valence-corrected chi connectivity index (χ4v) is 1.62. The number of amides is 1. The minimum Gasteiger partial charge on any atom is -0.486 e. The Labute approximate surface area is 121 Å². The van der Waals surface area contributed by atoms with Crippen molar-refractivity contribution in [2.24, 2.45) is 5.73 Å². The molecule has 0 unspecified atom stereocenters. The molecular weight excluding hydrogens is 275 g/mol. The van der Waals surface area contributed by atoms with E-state index in [2.05, 4.69) is 5.32 Å². The fourth-order valence-electron chi connectivity index (χ4n) is 1.62. The Morgan fingerprint density at radius 2 is 2.05 bits per heavy atom. The molecule has 1 aromatic carbocycles. The summed E-state index contributed by atoms with van der Waals surface area (Å²) in [5.74, 6) is 0.586. The third-order valence-corrected chi connectivity index (χ3v) is 2.81. The Balaban J connectivity index is 1.91. The van der Waals surface area contributed by atoms with Gasteiger partial charge in [0.25, 0.3) is 5.91 Å². The molecule has 1 aromatic heterocycles. The van der Waals surface area contributed by atoms with Crippen LogP contribution < -0.4 is 15.8 Å². The van der Waals surface area contributed by atoms with Gasteiger partial charge in [0.05, 0.1) is 0 Å². The average Bonchev–Trinajstić information content (AvgIpc) is 2.95. The van der Waals surface area contributed by atoms with Crippen LogP contribution in [0.15, 0.2) is 40.8 Å². The lowest BCUT2D eigenvalue weighted by Crippen LogP contribution is -2.37. The largest absolute Gasteiger partial charge is 0.486 e. The molecular formula is C15H17FN2O3. The van der Waals surface area contributed by atoms with E-state index in [-0.39, 0.29) is 30.1 Å². The molecule has 5 nitrogen and oxygen atoms in total. The molecule has 0 aliphatic heterocycles. The Hall–Kier alpha value is -2.34. The summed E-state index contributed by atoms with van der Waals surface area (Å²) in [6, 6.07) is 8.77. The first-order chi connectivity index (χ1) is 10.1. The molecule has 0 saturated heterocycles. The van der Waals surface area contributed by atoms with Crippen LogP contribution >= 0.6 is 0 Å². The van der Waals surface area contributed by atoms with Gasteiger partial charge in [0.15, 0.2) is 5.76 Å². The summed E-state index contributed by atoms with van der Waals surface area (Å²) in [4.78, 5) is 11.8. The van der Waals surface area contributed by atoms with Crippen LogP contribution in [0.2, 0.25) is 0 Å². The van der Waals surface area contributed by atoms with E-state index < -0.39 is 0 Å². The zero-order chi connectivity index (χ0) is 15.2. The van der Waals surface area contributed by atoms with Gasteiger partial charge in [-0.2, -0.15) is 0 Å². The van der Waals surface area contributed by atoms with Gasteiger partial charge in [0.1, 0.15) is 23.9 Å². The molecule has 0 fully saturated rings. The smallest absolute Gasteiger partial charge is 0.287 e. The van der Waals surface area contributed by atoms with Crippen LogP contribution in [0.3, 0.4) is 0 Å². The fraction of sp³-hybridized carbons (Fsp3) is 0.267. The summed E-state index contributed by atoms with van der Waals surface area (Å²) in [6.45, 7) is 2.32. The third-order valence-electron chi connectivity index (χ3n) is 2.81. The molecule has 112 valence electrons. The van der Waals surface area contributed by atoms with E-state index in [1.165, 1.54) is 24.3 Å². The molecule has 0 bridgehead atoms. The maximum Gasteiger partial charge on any atom is 0.287 e. The number of benzene rings is 1. The van der Waals surface area contributed by atoms with Gasteiger partial charge >= 0.3 is 0 Å². The van der Waals surface area contributed by atoms with Gasteiger partial charge in [-0.3, -0.25) is 4.79 Å². The van der Waals surface area contributed by atoms with Crippen molar-refractivity contribution in [3.8, 4) is 5.75 Å². The lowest BCUT2D eigenvalue weighted by atomic mass is 10.3. The number of rotatable bonds is 6. The second-order valence-corrected chi connectivity index (χ2v) is 4.62. The quantitative estimate of drug-likeness (QED) is 0.854. The normalized spacial score (nSPS) is 12.0. The lowest BCUT2D eigenvalue weighted by molar-refractivity contribution is 0.0909. The number of carbonyl (C=O) groups is 1. The monoisotopic (exact) mass is 292 g/mol. The first kappa shape index (κ1) is 15.1. The zero-order valence-corrected chi connectivity index (χ0v) is 11.6. The Bertz CT molecular complexity index is 595. The SMILES string of the molecule is C[C@@H](CN)NC(=O)c1ccc(COc2ccc(F)cc2)o1. The first-order valence-corrected chi connectivity index (χ1v) is 6.56. The van der Waals surface area contributed by atoms with Crippen molar-refractivity contribution in [2.45, 2.75) is 19.6 Å². The minimum absolute atomic E-state index is 0.124. The molecule has 1 heterocycles. The van der Waals surface area contributed by atoms with Gasteiger partial charge in [-0.05, 0) is 43.3 Å². The van der Waals surface area contributed by atoms with Crippen LogP contribution in [0.4, 0.5) is 4.39 Å². The van der Waals surface area contributed by atoms with Gasteiger partial charge in [-0.25, -0.2) is 4.39 Å². The van der Waals surface area contributed by atoms with Crippen molar-refractivity contribution < 1.29 is 18.3 Å². The summed E-state index contributed by atoms with van der Waals surface area (Å²) >= 11 is 0. The first-order valence-electron chi connectivity index (χ1n) is 6.56. The molecule has 1 atom stereocenters. The second-order valence-electron chi connectivity index (χ2n) is 4.62. The van der Waals surface area contributed by atoms with Gasteiger partial charge in [0.2, 0.25) is 0 Å². The highest BCUT2D eigenvalue weighted by atomic mass is 19.1. The van der Waals surface area contributed by atoms with E-state index in [1.807, 2.05) is 0 Å². The van der Waals surface area contributed by atoms with Gasteiger partial charge in [0, 0.05) is 12.6 Å². The van der Waals surface area contributed by atoms with Crippen LogP contribution in [0.25, 0.3) is 0 Å². The van der Waals surface area contributed by atoms with Crippen molar-refractivity contribution in [2.75, 3.05) is 6.54 Å². The summed E-state index contributed by atoms with van der Waals surface area (Å²) in [7, 11) is 0.